The molecule has 0 N–H and O–H groups in total. The zero-order valence-corrected chi connectivity index (χ0v) is 8.21. The van der Waals surface area contributed by atoms with Crippen LogP contribution in [0.3, 0.4) is 0 Å². The highest BCUT2D eigenvalue weighted by Gasteiger charge is 2.33. The average Bonchev–Trinajstić information content (AvgIpc) is 2.09. The molecule has 3 atom stereocenters. The Morgan fingerprint density at radius 2 is 2.31 bits per heavy atom. The van der Waals surface area contributed by atoms with Crippen LogP contribution in [0.5, 0.6) is 0 Å². The minimum atomic E-state index is -0.108. The van der Waals surface area contributed by atoms with Crippen LogP contribution >= 0.6 is 0 Å². The van der Waals surface area contributed by atoms with Crippen molar-refractivity contribution in [1.82, 2.24) is 0 Å². The van der Waals surface area contributed by atoms with Gasteiger partial charge in [0.2, 0.25) is 0 Å². The van der Waals surface area contributed by atoms with Crippen LogP contribution < -0.4 is 0 Å². The molecule has 0 saturated heterocycles. The average molecular weight is 177 g/mol. The van der Waals surface area contributed by atoms with Gasteiger partial charge >= 0.3 is 0 Å². The zero-order chi connectivity index (χ0) is 10.0. The first-order chi connectivity index (χ1) is 6.06. The molecule has 2 nitrogen and oxygen atoms in total. The number of carbonyl (C=O) groups excluding carboxylic acids is 1. The molecule has 0 heterocycles. The van der Waals surface area contributed by atoms with Crippen LogP contribution in [0.1, 0.15) is 26.7 Å². The topological polar surface area (TPSA) is 40.9 Å². The Bertz CT molecular complexity index is 274. The molecule has 0 amide bonds. The molecule has 0 aliphatic heterocycles. The highest BCUT2D eigenvalue weighted by Crippen LogP contribution is 2.33. The van der Waals surface area contributed by atoms with Crippen molar-refractivity contribution in [3.63, 3.8) is 0 Å². The molecule has 13 heavy (non-hydrogen) atoms. The third-order valence-electron chi connectivity index (χ3n) is 2.96. The largest absolute Gasteiger partial charge is 0.299 e. The number of carbonyl (C=O) groups is 1. The molecule has 70 valence electrons. The van der Waals surface area contributed by atoms with Gasteiger partial charge in [0.1, 0.15) is 5.78 Å². The summed E-state index contributed by atoms with van der Waals surface area (Å²) in [7, 11) is 0. The molecule has 1 fully saturated rings. The van der Waals surface area contributed by atoms with Gasteiger partial charge in [-0.2, -0.15) is 5.26 Å². The first-order valence-corrected chi connectivity index (χ1v) is 4.64. The number of Topliss-reactive ketones (excluding diaryl/α,β-unsaturated/α-hetero) is 1. The summed E-state index contributed by atoms with van der Waals surface area (Å²) in [6.07, 6.45) is 1.38. The summed E-state index contributed by atoms with van der Waals surface area (Å²) in [6.45, 7) is 7.63. The lowest BCUT2D eigenvalue weighted by Crippen LogP contribution is -2.30. The third-order valence-corrected chi connectivity index (χ3v) is 2.96. The number of allylic oxidation sites excluding steroid dienone is 1. The van der Waals surface area contributed by atoms with E-state index < -0.39 is 0 Å². The van der Waals surface area contributed by atoms with E-state index in [0.29, 0.717) is 6.42 Å². The van der Waals surface area contributed by atoms with Crippen molar-refractivity contribution in [3.8, 4) is 6.07 Å². The quantitative estimate of drug-likeness (QED) is 0.577. The number of hydrogen-bond acceptors (Lipinski definition) is 2. The van der Waals surface area contributed by atoms with E-state index in [4.69, 9.17) is 5.26 Å². The fourth-order valence-electron chi connectivity index (χ4n) is 1.79. The Labute approximate surface area is 79.2 Å². The second-order valence-corrected chi connectivity index (χ2v) is 3.97. The predicted octanol–water partition coefficient (Wildman–Crippen LogP) is 2.32. The second kappa shape index (κ2) is 3.74. The standard InChI is InChI=1S/C11H15NO/c1-7(2)9-4-10(6-12)8(3)11(13)5-9/h8-10H,1,4-5H2,2-3H3/t8?,9-,10?/m1/s1. The Morgan fingerprint density at radius 3 is 2.77 bits per heavy atom. The van der Waals surface area contributed by atoms with E-state index in [-0.39, 0.29) is 23.5 Å². The van der Waals surface area contributed by atoms with E-state index in [1.807, 2.05) is 13.8 Å². The van der Waals surface area contributed by atoms with Crippen LogP contribution in [0, 0.1) is 29.1 Å². The number of rotatable bonds is 1. The molecule has 0 radical (unpaired) electrons. The molecular weight excluding hydrogens is 162 g/mol. The van der Waals surface area contributed by atoms with E-state index >= 15 is 0 Å². The van der Waals surface area contributed by atoms with Crippen molar-refractivity contribution in [3.05, 3.63) is 12.2 Å². The lowest BCUT2D eigenvalue weighted by molar-refractivity contribution is -0.126. The minimum absolute atomic E-state index is 0.0828. The molecule has 0 aromatic carbocycles. The number of nitriles is 1. The van der Waals surface area contributed by atoms with Gasteiger partial charge in [-0.3, -0.25) is 4.79 Å². The van der Waals surface area contributed by atoms with Gasteiger partial charge in [-0.05, 0) is 19.3 Å². The van der Waals surface area contributed by atoms with Crippen molar-refractivity contribution in [2.75, 3.05) is 0 Å². The van der Waals surface area contributed by atoms with E-state index in [9.17, 15) is 4.79 Å². The minimum Gasteiger partial charge on any atom is -0.299 e. The Morgan fingerprint density at radius 1 is 1.69 bits per heavy atom. The van der Waals surface area contributed by atoms with Crippen molar-refractivity contribution in [1.29, 1.82) is 5.26 Å². The fourth-order valence-corrected chi connectivity index (χ4v) is 1.79. The molecule has 0 spiro atoms. The van der Waals surface area contributed by atoms with Crippen LogP contribution in [0.4, 0.5) is 0 Å². The summed E-state index contributed by atoms with van der Waals surface area (Å²) in [6, 6.07) is 2.21. The van der Waals surface area contributed by atoms with Gasteiger partial charge in [-0.15, -0.1) is 0 Å². The summed E-state index contributed by atoms with van der Waals surface area (Å²) < 4.78 is 0. The van der Waals surface area contributed by atoms with Gasteiger partial charge in [0.05, 0.1) is 12.0 Å². The van der Waals surface area contributed by atoms with E-state index in [0.717, 1.165) is 12.0 Å². The molecular formula is C11H15NO. The van der Waals surface area contributed by atoms with Crippen molar-refractivity contribution in [2.24, 2.45) is 17.8 Å². The molecule has 2 unspecified atom stereocenters. The van der Waals surface area contributed by atoms with Gasteiger partial charge in [0, 0.05) is 12.3 Å². The molecule has 0 aromatic rings. The molecule has 0 aromatic heterocycles. The van der Waals surface area contributed by atoms with Crippen LogP contribution in [0.15, 0.2) is 12.2 Å². The molecule has 1 rings (SSSR count). The summed E-state index contributed by atoms with van der Waals surface area (Å²) in [4.78, 5) is 11.5. The van der Waals surface area contributed by atoms with E-state index in [1.54, 1.807) is 0 Å². The van der Waals surface area contributed by atoms with Crippen LogP contribution in [-0.4, -0.2) is 5.78 Å². The summed E-state index contributed by atoms with van der Waals surface area (Å²) in [5.41, 5.74) is 1.03. The zero-order valence-electron chi connectivity index (χ0n) is 8.21. The summed E-state index contributed by atoms with van der Waals surface area (Å²) >= 11 is 0. The van der Waals surface area contributed by atoms with Crippen LogP contribution in [0.25, 0.3) is 0 Å². The first kappa shape index (κ1) is 9.98. The van der Waals surface area contributed by atoms with Gasteiger partial charge < -0.3 is 0 Å². The lowest BCUT2D eigenvalue weighted by Gasteiger charge is -2.29. The number of nitrogens with zero attached hydrogens (tertiary/aromatic N) is 1. The van der Waals surface area contributed by atoms with Gasteiger partial charge in [0.25, 0.3) is 0 Å². The monoisotopic (exact) mass is 177 g/mol. The third kappa shape index (κ3) is 1.98. The highest BCUT2D eigenvalue weighted by atomic mass is 16.1. The number of hydrogen-bond donors (Lipinski definition) is 0. The van der Waals surface area contributed by atoms with Crippen LogP contribution in [0.2, 0.25) is 0 Å². The van der Waals surface area contributed by atoms with E-state index in [1.165, 1.54) is 0 Å². The second-order valence-electron chi connectivity index (χ2n) is 3.97. The summed E-state index contributed by atoms with van der Waals surface area (Å²) in [5.74, 6) is 0.252. The van der Waals surface area contributed by atoms with Crippen molar-refractivity contribution < 1.29 is 4.79 Å². The maximum absolute atomic E-state index is 11.5. The maximum Gasteiger partial charge on any atom is 0.137 e. The molecule has 0 bridgehead atoms. The Kier molecular flexibility index (Phi) is 2.87. The van der Waals surface area contributed by atoms with Crippen molar-refractivity contribution >= 4 is 5.78 Å². The Balaban J connectivity index is 2.76. The highest BCUT2D eigenvalue weighted by molar-refractivity contribution is 5.82. The SMILES string of the molecule is C=C(C)[C@H]1CC(=O)C(C)C(C#N)C1. The fraction of sp³-hybridized carbons (Fsp3) is 0.636. The van der Waals surface area contributed by atoms with Crippen LogP contribution in [-0.2, 0) is 4.79 Å². The summed E-state index contributed by atoms with van der Waals surface area (Å²) in [5, 5.41) is 8.85. The van der Waals surface area contributed by atoms with Gasteiger partial charge in [0.15, 0.2) is 0 Å². The predicted molar refractivity (Wildman–Crippen MR) is 50.8 cm³/mol. The molecule has 1 aliphatic rings. The molecule has 2 heteroatoms. The lowest BCUT2D eigenvalue weighted by atomic mass is 9.73. The van der Waals surface area contributed by atoms with Crippen molar-refractivity contribution in [2.45, 2.75) is 26.7 Å². The van der Waals surface area contributed by atoms with Gasteiger partial charge in [-0.1, -0.05) is 19.1 Å². The first-order valence-electron chi connectivity index (χ1n) is 4.64. The maximum atomic E-state index is 11.5. The Hall–Kier alpha value is -1.10. The van der Waals surface area contributed by atoms with Gasteiger partial charge in [-0.25, -0.2) is 0 Å². The number of ketones is 1. The smallest absolute Gasteiger partial charge is 0.137 e. The normalized spacial score (nSPS) is 33.9. The van der Waals surface area contributed by atoms with E-state index in [2.05, 4.69) is 12.6 Å². The molecule has 1 aliphatic carbocycles. The molecule has 1 saturated carbocycles.